The van der Waals surface area contributed by atoms with Crippen LogP contribution in [-0.2, 0) is 0 Å². The van der Waals surface area contributed by atoms with Gasteiger partial charge in [-0.15, -0.1) is 0 Å². The molecule has 1 saturated carbocycles. The molecule has 1 aliphatic carbocycles. The Balaban J connectivity index is 1.96. The van der Waals surface area contributed by atoms with E-state index in [0.29, 0.717) is 5.92 Å². The summed E-state index contributed by atoms with van der Waals surface area (Å²) in [5, 5.41) is 0. The average molecular weight is 228 g/mol. The minimum absolute atomic E-state index is 0.229. The van der Waals surface area contributed by atoms with E-state index in [1.165, 1.54) is 25.0 Å². The second-order valence-electron chi connectivity index (χ2n) is 4.62. The smallest absolute Gasteiger partial charge is 0.124 e. The minimum atomic E-state index is -0.229. The van der Waals surface area contributed by atoms with Crippen LogP contribution in [0.4, 0.5) is 4.39 Å². The summed E-state index contributed by atoms with van der Waals surface area (Å²) >= 11 is 0. The molecule has 3 heteroatoms. The van der Waals surface area contributed by atoms with Crippen molar-refractivity contribution in [1.82, 2.24) is 9.97 Å². The van der Waals surface area contributed by atoms with Gasteiger partial charge < -0.3 is 0 Å². The lowest BCUT2D eigenvalue weighted by atomic mass is 10.1. The first kappa shape index (κ1) is 10.4. The largest absolute Gasteiger partial charge is 0.257 e. The summed E-state index contributed by atoms with van der Waals surface area (Å²) in [6, 6.07) is 4.92. The van der Waals surface area contributed by atoms with Gasteiger partial charge in [-0.3, -0.25) is 9.97 Å². The molecule has 0 atom stereocenters. The van der Waals surface area contributed by atoms with E-state index in [0.717, 1.165) is 22.5 Å². The molecule has 0 bridgehead atoms. The number of aromatic nitrogens is 2. The van der Waals surface area contributed by atoms with Crippen LogP contribution in [-0.4, -0.2) is 9.97 Å². The van der Waals surface area contributed by atoms with Crippen LogP contribution >= 0.6 is 0 Å². The third kappa shape index (κ3) is 2.18. The summed E-state index contributed by atoms with van der Waals surface area (Å²) in [6.45, 7) is 1.87. The maximum Gasteiger partial charge on any atom is 0.124 e. The molecule has 1 fully saturated rings. The number of benzene rings is 1. The predicted octanol–water partition coefficient (Wildman–Crippen LogP) is 3.47. The van der Waals surface area contributed by atoms with Gasteiger partial charge in [0.25, 0.3) is 0 Å². The third-order valence-corrected chi connectivity index (χ3v) is 3.01. The zero-order valence-corrected chi connectivity index (χ0v) is 9.65. The van der Waals surface area contributed by atoms with Gasteiger partial charge in [0.15, 0.2) is 0 Å². The second kappa shape index (κ2) is 3.91. The Kier molecular flexibility index (Phi) is 2.39. The highest BCUT2D eigenvalue weighted by molar-refractivity contribution is 5.59. The lowest BCUT2D eigenvalue weighted by Gasteiger charge is -2.03. The molecule has 1 heterocycles. The molecule has 2 nitrogen and oxygen atoms in total. The maximum atomic E-state index is 13.3. The van der Waals surface area contributed by atoms with Gasteiger partial charge in [0.2, 0.25) is 0 Å². The van der Waals surface area contributed by atoms with E-state index in [1.807, 2.05) is 19.2 Å². The van der Waals surface area contributed by atoms with Gasteiger partial charge in [0.1, 0.15) is 5.82 Å². The number of hydrogen-bond donors (Lipinski definition) is 0. The molecule has 1 aliphatic rings. The highest BCUT2D eigenvalue weighted by Crippen LogP contribution is 2.38. The van der Waals surface area contributed by atoms with Crippen LogP contribution in [0.5, 0.6) is 0 Å². The van der Waals surface area contributed by atoms with Crippen molar-refractivity contribution in [3.8, 4) is 11.3 Å². The van der Waals surface area contributed by atoms with Gasteiger partial charge in [-0.05, 0) is 43.5 Å². The lowest BCUT2D eigenvalue weighted by molar-refractivity contribution is 0.627. The first-order valence-corrected chi connectivity index (χ1v) is 5.82. The fourth-order valence-electron chi connectivity index (χ4n) is 1.96. The van der Waals surface area contributed by atoms with Gasteiger partial charge in [-0.2, -0.15) is 0 Å². The van der Waals surface area contributed by atoms with E-state index in [1.54, 1.807) is 6.20 Å². The van der Waals surface area contributed by atoms with Crippen molar-refractivity contribution in [3.05, 3.63) is 47.7 Å². The van der Waals surface area contributed by atoms with Crippen molar-refractivity contribution in [2.24, 2.45) is 0 Å². The van der Waals surface area contributed by atoms with E-state index in [2.05, 4.69) is 9.97 Å². The number of nitrogens with zero attached hydrogens (tertiary/aromatic N) is 2. The molecule has 1 aromatic heterocycles. The Labute approximate surface area is 99.5 Å². The predicted molar refractivity (Wildman–Crippen MR) is 64.1 cm³/mol. The number of halogens is 1. The summed E-state index contributed by atoms with van der Waals surface area (Å²) in [6.07, 6.45) is 5.98. The van der Waals surface area contributed by atoms with Crippen LogP contribution < -0.4 is 0 Å². The Hall–Kier alpha value is -1.77. The molecular formula is C14H13FN2. The van der Waals surface area contributed by atoms with Gasteiger partial charge in [0, 0.05) is 17.7 Å². The highest BCUT2D eigenvalue weighted by Gasteiger charge is 2.25. The van der Waals surface area contributed by atoms with E-state index >= 15 is 0 Å². The summed E-state index contributed by atoms with van der Waals surface area (Å²) in [7, 11) is 0. The zero-order chi connectivity index (χ0) is 11.8. The molecule has 0 saturated heterocycles. The molecule has 0 radical (unpaired) electrons. The maximum absolute atomic E-state index is 13.3. The van der Waals surface area contributed by atoms with Crippen LogP contribution in [0.3, 0.4) is 0 Å². The normalized spacial score (nSPS) is 14.9. The van der Waals surface area contributed by atoms with Crippen molar-refractivity contribution in [3.63, 3.8) is 0 Å². The molecule has 0 amide bonds. The quantitative estimate of drug-likeness (QED) is 0.786. The Bertz CT molecular complexity index is 524. The molecule has 0 aliphatic heterocycles. The van der Waals surface area contributed by atoms with Crippen LogP contribution in [0.15, 0.2) is 30.6 Å². The molecule has 86 valence electrons. The Morgan fingerprint density at radius 2 is 1.94 bits per heavy atom. The van der Waals surface area contributed by atoms with Gasteiger partial charge in [-0.25, -0.2) is 4.39 Å². The molecule has 1 aromatic carbocycles. The van der Waals surface area contributed by atoms with Gasteiger partial charge >= 0.3 is 0 Å². The van der Waals surface area contributed by atoms with Crippen molar-refractivity contribution in [2.75, 3.05) is 0 Å². The van der Waals surface area contributed by atoms with Crippen LogP contribution in [0.25, 0.3) is 11.3 Å². The van der Waals surface area contributed by atoms with E-state index in [4.69, 9.17) is 0 Å². The van der Waals surface area contributed by atoms with E-state index < -0.39 is 0 Å². The van der Waals surface area contributed by atoms with E-state index in [-0.39, 0.29) is 5.82 Å². The average Bonchev–Trinajstić information content (AvgIpc) is 3.12. The lowest BCUT2D eigenvalue weighted by Crippen LogP contribution is -1.92. The molecule has 17 heavy (non-hydrogen) atoms. The van der Waals surface area contributed by atoms with Crippen molar-refractivity contribution < 1.29 is 4.39 Å². The first-order valence-electron chi connectivity index (χ1n) is 5.82. The molecule has 0 unspecified atom stereocenters. The van der Waals surface area contributed by atoms with Gasteiger partial charge in [-0.1, -0.05) is 0 Å². The molecular weight excluding hydrogens is 215 g/mol. The third-order valence-electron chi connectivity index (χ3n) is 3.01. The summed E-state index contributed by atoms with van der Waals surface area (Å²) in [5.41, 5.74) is 3.48. The molecule has 0 spiro atoms. The van der Waals surface area contributed by atoms with Crippen molar-refractivity contribution in [2.45, 2.75) is 25.7 Å². The monoisotopic (exact) mass is 228 g/mol. The Morgan fingerprint density at radius 3 is 2.53 bits per heavy atom. The standard InChI is InChI=1S/C14H13FN2/c1-9-4-11(6-12(15)5-9)14-8-16-13(7-17-14)10-2-3-10/h4-8,10H,2-3H2,1H3. The molecule has 3 rings (SSSR count). The fraction of sp³-hybridized carbons (Fsp3) is 0.286. The minimum Gasteiger partial charge on any atom is -0.257 e. The fourth-order valence-corrected chi connectivity index (χ4v) is 1.96. The SMILES string of the molecule is Cc1cc(F)cc(-c2cnc(C3CC3)cn2)c1. The number of rotatable bonds is 2. The van der Waals surface area contributed by atoms with E-state index in [9.17, 15) is 4.39 Å². The molecule has 0 N–H and O–H groups in total. The second-order valence-corrected chi connectivity index (χ2v) is 4.62. The first-order chi connectivity index (χ1) is 8.22. The van der Waals surface area contributed by atoms with Crippen molar-refractivity contribution >= 4 is 0 Å². The summed E-state index contributed by atoms with van der Waals surface area (Å²) in [5.74, 6) is 0.374. The Morgan fingerprint density at radius 1 is 1.12 bits per heavy atom. The van der Waals surface area contributed by atoms with Crippen LogP contribution in [0.2, 0.25) is 0 Å². The number of aryl methyl sites for hydroxylation is 1. The van der Waals surface area contributed by atoms with Gasteiger partial charge in [0.05, 0.1) is 17.6 Å². The highest BCUT2D eigenvalue weighted by atomic mass is 19.1. The van der Waals surface area contributed by atoms with Crippen LogP contribution in [0, 0.1) is 12.7 Å². The summed E-state index contributed by atoms with van der Waals surface area (Å²) in [4.78, 5) is 8.75. The molecule has 2 aromatic rings. The van der Waals surface area contributed by atoms with Crippen molar-refractivity contribution in [1.29, 1.82) is 0 Å². The van der Waals surface area contributed by atoms with Crippen LogP contribution in [0.1, 0.15) is 30.0 Å². The zero-order valence-electron chi connectivity index (χ0n) is 9.65. The number of hydrogen-bond acceptors (Lipinski definition) is 2. The summed E-state index contributed by atoms with van der Waals surface area (Å²) < 4.78 is 13.3. The topological polar surface area (TPSA) is 25.8 Å².